The number of benzene rings is 1. The van der Waals surface area contributed by atoms with Crippen LogP contribution in [-0.4, -0.2) is 28.6 Å². The molecular formula is C15H15FN4O2S. The molecule has 8 heteroatoms. The molecule has 120 valence electrons. The minimum absolute atomic E-state index is 0.128. The Morgan fingerprint density at radius 3 is 2.78 bits per heavy atom. The number of nitrogens with zero attached hydrogens (tertiary/aromatic N) is 3. The normalized spacial score (nSPS) is 17.6. The molecule has 2 aromatic rings. The van der Waals surface area contributed by atoms with Gasteiger partial charge in [-0.1, -0.05) is 18.3 Å². The molecule has 1 fully saturated rings. The molecule has 1 aromatic carbocycles. The van der Waals surface area contributed by atoms with Crippen LogP contribution in [0.5, 0.6) is 0 Å². The van der Waals surface area contributed by atoms with E-state index in [0.29, 0.717) is 10.8 Å². The van der Waals surface area contributed by atoms with Crippen molar-refractivity contribution in [3.63, 3.8) is 0 Å². The highest BCUT2D eigenvalue weighted by Gasteiger charge is 2.35. The average Bonchev–Trinajstić information content (AvgIpc) is 3.15. The summed E-state index contributed by atoms with van der Waals surface area (Å²) in [5.74, 6) is -1.22. The third-order valence-electron chi connectivity index (χ3n) is 3.63. The number of amides is 2. The molecule has 1 aliphatic heterocycles. The third kappa shape index (κ3) is 3.37. The van der Waals surface area contributed by atoms with Crippen LogP contribution < -0.4 is 10.2 Å². The van der Waals surface area contributed by atoms with Crippen molar-refractivity contribution in [3.8, 4) is 0 Å². The van der Waals surface area contributed by atoms with Crippen LogP contribution in [0.25, 0.3) is 0 Å². The Kier molecular flexibility index (Phi) is 4.33. The zero-order chi connectivity index (χ0) is 16.4. The van der Waals surface area contributed by atoms with Crippen LogP contribution in [0.3, 0.4) is 0 Å². The first-order chi connectivity index (χ1) is 11.1. The molecule has 3 rings (SSSR count). The lowest BCUT2D eigenvalue weighted by Crippen LogP contribution is -2.28. The molecule has 1 atom stereocenters. The summed E-state index contributed by atoms with van der Waals surface area (Å²) in [5.41, 5.74) is 0.593. The molecule has 1 unspecified atom stereocenters. The van der Waals surface area contributed by atoms with Gasteiger partial charge in [0.15, 0.2) is 0 Å². The Hall–Kier alpha value is -2.35. The predicted molar refractivity (Wildman–Crippen MR) is 84.8 cm³/mol. The van der Waals surface area contributed by atoms with E-state index in [2.05, 4.69) is 15.5 Å². The first-order valence-electron chi connectivity index (χ1n) is 7.26. The van der Waals surface area contributed by atoms with Gasteiger partial charge in [-0.2, -0.15) is 0 Å². The Balaban J connectivity index is 1.66. The van der Waals surface area contributed by atoms with Crippen molar-refractivity contribution < 1.29 is 14.0 Å². The zero-order valence-electron chi connectivity index (χ0n) is 12.5. The summed E-state index contributed by atoms with van der Waals surface area (Å²) in [5, 5.41) is 11.8. The number of carbonyl (C=O) groups excluding carboxylic acids is 2. The number of aromatic nitrogens is 2. The Labute approximate surface area is 136 Å². The minimum Gasteiger partial charge on any atom is -0.312 e. The highest BCUT2D eigenvalue weighted by atomic mass is 32.1. The number of anilines is 2. The first-order valence-corrected chi connectivity index (χ1v) is 8.07. The number of rotatable bonds is 4. The van der Waals surface area contributed by atoms with Crippen LogP contribution in [0.2, 0.25) is 0 Å². The monoisotopic (exact) mass is 334 g/mol. The largest absolute Gasteiger partial charge is 0.312 e. The van der Waals surface area contributed by atoms with Crippen LogP contribution in [0.15, 0.2) is 24.3 Å². The zero-order valence-corrected chi connectivity index (χ0v) is 13.3. The highest BCUT2D eigenvalue weighted by Crippen LogP contribution is 2.26. The van der Waals surface area contributed by atoms with Gasteiger partial charge in [0.2, 0.25) is 16.9 Å². The second kappa shape index (κ2) is 6.41. The van der Waals surface area contributed by atoms with Crippen LogP contribution >= 0.6 is 11.3 Å². The van der Waals surface area contributed by atoms with Gasteiger partial charge in [-0.05, 0) is 30.7 Å². The predicted octanol–water partition coefficient (Wildman–Crippen LogP) is 2.23. The van der Waals surface area contributed by atoms with Crippen LogP contribution in [0.1, 0.15) is 18.4 Å². The SMILES string of the molecule is CCc1nnc(NC(=O)C2CC(=O)N(c3ccc(F)cc3)C2)s1. The minimum atomic E-state index is -0.457. The molecule has 1 saturated heterocycles. The molecule has 23 heavy (non-hydrogen) atoms. The van der Waals surface area contributed by atoms with Crippen LogP contribution in [0, 0.1) is 11.7 Å². The van der Waals surface area contributed by atoms with Gasteiger partial charge < -0.3 is 10.2 Å². The molecular weight excluding hydrogens is 319 g/mol. The number of halogens is 1. The molecule has 6 nitrogen and oxygen atoms in total. The molecule has 0 spiro atoms. The van der Waals surface area contributed by atoms with Gasteiger partial charge in [-0.25, -0.2) is 4.39 Å². The molecule has 1 N–H and O–H groups in total. The first kappa shape index (κ1) is 15.5. The van der Waals surface area contributed by atoms with Crippen molar-refractivity contribution in [3.05, 3.63) is 35.1 Å². The molecule has 0 saturated carbocycles. The maximum absolute atomic E-state index is 13.0. The lowest BCUT2D eigenvalue weighted by Gasteiger charge is -2.16. The summed E-state index contributed by atoms with van der Waals surface area (Å²) < 4.78 is 13.0. The summed E-state index contributed by atoms with van der Waals surface area (Å²) in [6.45, 7) is 2.23. The Bertz CT molecular complexity index is 731. The number of carbonyl (C=O) groups is 2. The van der Waals surface area contributed by atoms with E-state index in [9.17, 15) is 14.0 Å². The second-order valence-corrected chi connectivity index (χ2v) is 6.29. The standard InChI is InChI=1S/C15H15FN4O2S/c1-2-12-18-19-15(23-12)17-14(22)9-7-13(21)20(8-9)11-5-3-10(16)4-6-11/h3-6,9H,2,7-8H2,1H3,(H,17,19,22). The topological polar surface area (TPSA) is 75.2 Å². The van der Waals surface area contributed by atoms with Gasteiger partial charge in [0.1, 0.15) is 10.8 Å². The highest BCUT2D eigenvalue weighted by molar-refractivity contribution is 7.15. The number of aryl methyl sites for hydroxylation is 1. The maximum Gasteiger partial charge on any atom is 0.231 e. The van der Waals surface area contributed by atoms with Gasteiger partial charge in [-0.3, -0.25) is 9.59 Å². The van der Waals surface area contributed by atoms with Crippen LogP contribution in [-0.2, 0) is 16.0 Å². The molecule has 0 aliphatic carbocycles. The Morgan fingerprint density at radius 1 is 1.39 bits per heavy atom. The van der Waals surface area contributed by atoms with Crippen LogP contribution in [0.4, 0.5) is 15.2 Å². The molecule has 2 heterocycles. The lowest BCUT2D eigenvalue weighted by atomic mass is 10.1. The fraction of sp³-hybridized carbons (Fsp3) is 0.333. The second-order valence-electron chi connectivity index (χ2n) is 5.23. The van der Waals surface area contributed by atoms with Crippen molar-refractivity contribution in [2.45, 2.75) is 19.8 Å². The summed E-state index contributed by atoms with van der Waals surface area (Å²) in [7, 11) is 0. The van der Waals surface area contributed by atoms with Crippen molar-refractivity contribution in [1.29, 1.82) is 0 Å². The molecule has 1 aromatic heterocycles. The van der Waals surface area contributed by atoms with Crippen molar-refractivity contribution in [2.75, 3.05) is 16.8 Å². The fourth-order valence-electron chi connectivity index (χ4n) is 2.41. The number of hydrogen-bond donors (Lipinski definition) is 1. The summed E-state index contributed by atoms with van der Waals surface area (Å²) >= 11 is 1.33. The van der Waals surface area contributed by atoms with Gasteiger partial charge in [-0.15, -0.1) is 10.2 Å². The molecule has 1 aliphatic rings. The Morgan fingerprint density at radius 2 is 2.13 bits per heavy atom. The maximum atomic E-state index is 13.0. The van der Waals surface area contributed by atoms with E-state index in [1.165, 1.54) is 40.5 Å². The van der Waals surface area contributed by atoms with Gasteiger partial charge in [0, 0.05) is 18.7 Å². The smallest absolute Gasteiger partial charge is 0.231 e. The third-order valence-corrected chi connectivity index (χ3v) is 4.62. The van der Waals surface area contributed by atoms with E-state index in [4.69, 9.17) is 0 Å². The van der Waals surface area contributed by atoms with Gasteiger partial charge in [0.25, 0.3) is 0 Å². The summed E-state index contributed by atoms with van der Waals surface area (Å²) in [4.78, 5) is 25.9. The van der Waals surface area contributed by atoms with Gasteiger partial charge in [0.05, 0.1) is 5.92 Å². The fourth-order valence-corrected chi connectivity index (χ4v) is 3.09. The molecule has 0 radical (unpaired) electrons. The van der Waals surface area contributed by atoms with E-state index >= 15 is 0 Å². The summed E-state index contributed by atoms with van der Waals surface area (Å²) in [6, 6.07) is 5.66. The lowest BCUT2D eigenvalue weighted by molar-refractivity contribution is -0.122. The van der Waals surface area contributed by atoms with E-state index in [1.807, 2.05) is 6.92 Å². The van der Waals surface area contributed by atoms with Crippen molar-refractivity contribution >= 4 is 34.0 Å². The molecule has 0 bridgehead atoms. The molecule has 2 amide bonds. The number of nitrogens with one attached hydrogen (secondary N) is 1. The van der Waals surface area contributed by atoms with E-state index in [0.717, 1.165) is 11.4 Å². The van der Waals surface area contributed by atoms with E-state index in [-0.39, 0.29) is 30.6 Å². The van der Waals surface area contributed by atoms with Crippen molar-refractivity contribution in [2.24, 2.45) is 5.92 Å². The van der Waals surface area contributed by atoms with Gasteiger partial charge >= 0.3 is 0 Å². The van der Waals surface area contributed by atoms with E-state index < -0.39 is 5.92 Å². The quantitative estimate of drug-likeness (QED) is 0.930. The van der Waals surface area contributed by atoms with E-state index in [1.54, 1.807) is 0 Å². The summed E-state index contributed by atoms with van der Waals surface area (Å²) in [6.07, 6.45) is 0.885. The average molecular weight is 334 g/mol. The van der Waals surface area contributed by atoms with Crippen molar-refractivity contribution in [1.82, 2.24) is 10.2 Å². The number of hydrogen-bond acceptors (Lipinski definition) is 5.